The van der Waals surface area contributed by atoms with E-state index in [1.54, 1.807) is 0 Å². The van der Waals surface area contributed by atoms with Crippen LogP contribution in [0.4, 0.5) is 0 Å². The van der Waals surface area contributed by atoms with Crippen LogP contribution in [0, 0.1) is 11.3 Å². The standard InChI is InChI=1S/C18H23N3O4S/c1-2-3-4-5-6-9-13(22)20-14-16(23)21-15(18(24)25)12(8-7-10-19)11-26-17(14)21/h7-8,14,17H,2-6,9,11H2,1H3,(H,20,22)(H,24,25)/t14?,17-/m1/s1. The number of rotatable bonds is 9. The number of unbranched alkanes of at least 4 members (excludes halogenated alkanes) is 4. The first-order valence-corrected chi connectivity index (χ1v) is 9.82. The van der Waals surface area contributed by atoms with Crippen molar-refractivity contribution in [1.82, 2.24) is 10.2 Å². The van der Waals surface area contributed by atoms with Gasteiger partial charge in [-0.2, -0.15) is 5.26 Å². The first-order chi connectivity index (χ1) is 12.5. The molecular weight excluding hydrogens is 354 g/mol. The fourth-order valence-corrected chi connectivity index (χ4v) is 4.36. The third kappa shape index (κ3) is 4.47. The number of carbonyl (C=O) groups excluding carboxylic acids is 2. The molecule has 1 saturated heterocycles. The maximum absolute atomic E-state index is 12.4. The number of nitriles is 1. The van der Waals surface area contributed by atoms with Gasteiger partial charge in [-0.3, -0.25) is 14.5 Å². The Morgan fingerprint density at radius 3 is 2.77 bits per heavy atom. The zero-order chi connectivity index (χ0) is 19.1. The van der Waals surface area contributed by atoms with Crippen LogP contribution in [0.2, 0.25) is 0 Å². The summed E-state index contributed by atoms with van der Waals surface area (Å²) in [6, 6.07) is 1.14. The second-order valence-corrected chi connectivity index (χ2v) is 7.37. The number of carbonyl (C=O) groups is 3. The number of nitrogens with one attached hydrogen (secondary N) is 1. The SMILES string of the molecule is CCCCCCCC(=O)NC1C(=O)N2C(C(=O)O)=C(C=CC#N)CS[C@H]12. The number of hydrogen-bond donors (Lipinski definition) is 2. The summed E-state index contributed by atoms with van der Waals surface area (Å²) in [4.78, 5) is 37.2. The monoisotopic (exact) mass is 377 g/mol. The van der Waals surface area contributed by atoms with Crippen molar-refractivity contribution in [2.24, 2.45) is 0 Å². The number of amides is 2. The van der Waals surface area contributed by atoms with Crippen molar-refractivity contribution in [3.05, 3.63) is 23.4 Å². The molecule has 0 radical (unpaired) electrons. The van der Waals surface area contributed by atoms with Crippen LogP contribution < -0.4 is 5.32 Å². The summed E-state index contributed by atoms with van der Waals surface area (Å²) in [6.07, 6.45) is 8.17. The molecule has 1 unspecified atom stereocenters. The Hall–Kier alpha value is -2.27. The average Bonchev–Trinajstić information content (AvgIpc) is 2.63. The lowest BCUT2D eigenvalue weighted by molar-refractivity contribution is -0.150. The van der Waals surface area contributed by atoms with Crippen molar-refractivity contribution in [1.29, 1.82) is 5.26 Å². The van der Waals surface area contributed by atoms with Crippen molar-refractivity contribution >= 4 is 29.5 Å². The van der Waals surface area contributed by atoms with E-state index in [0.29, 0.717) is 17.7 Å². The molecule has 2 amide bonds. The summed E-state index contributed by atoms with van der Waals surface area (Å²) in [5.41, 5.74) is 0.324. The number of carboxylic acids is 1. The van der Waals surface area contributed by atoms with Crippen LogP contribution in [0.3, 0.4) is 0 Å². The molecule has 7 nitrogen and oxygen atoms in total. The summed E-state index contributed by atoms with van der Waals surface area (Å²) in [5, 5.41) is 20.4. The van der Waals surface area contributed by atoms with E-state index in [1.807, 2.05) is 6.07 Å². The molecule has 2 atom stereocenters. The van der Waals surface area contributed by atoms with E-state index in [0.717, 1.165) is 32.1 Å². The molecule has 2 aliphatic rings. The number of nitrogens with zero attached hydrogens (tertiary/aromatic N) is 2. The summed E-state index contributed by atoms with van der Waals surface area (Å²) in [7, 11) is 0. The quantitative estimate of drug-likeness (QED) is 0.362. The average molecular weight is 377 g/mol. The molecule has 0 spiro atoms. The zero-order valence-electron chi connectivity index (χ0n) is 14.7. The van der Waals surface area contributed by atoms with Gasteiger partial charge in [-0.05, 0) is 18.1 Å². The minimum absolute atomic E-state index is 0.102. The van der Waals surface area contributed by atoms with Gasteiger partial charge in [0.15, 0.2) is 0 Å². The minimum atomic E-state index is -1.21. The molecule has 0 aromatic heterocycles. The maximum atomic E-state index is 12.4. The molecule has 8 heteroatoms. The summed E-state index contributed by atoms with van der Waals surface area (Å²) < 4.78 is 0. The summed E-state index contributed by atoms with van der Waals surface area (Å²) >= 11 is 1.39. The van der Waals surface area contributed by atoms with Crippen LogP contribution in [0.1, 0.15) is 45.4 Å². The molecule has 0 aromatic rings. The predicted octanol–water partition coefficient (Wildman–Crippen LogP) is 2.17. The number of allylic oxidation sites excluding steroid dienone is 2. The molecule has 0 saturated carbocycles. The lowest BCUT2D eigenvalue weighted by atomic mass is 10.0. The van der Waals surface area contributed by atoms with Crippen LogP contribution >= 0.6 is 11.8 Å². The highest BCUT2D eigenvalue weighted by molar-refractivity contribution is 8.00. The highest BCUT2D eigenvalue weighted by Gasteiger charge is 2.53. The van der Waals surface area contributed by atoms with E-state index in [4.69, 9.17) is 5.26 Å². The van der Waals surface area contributed by atoms with Crippen LogP contribution in [-0.4, -0.2) is 45.0 Å². The first kappa shape index (κ1) is 20.0. The van der Waals surface area contributed by atoms with Crippen LogP contribution in [-0.2, 0) is 14.4 Å². The van der Waals surface area contributed by atoms with Crippen LogP contribution in [0.25, 0.3) is 0 Å². The predicted molar refractivity (Wildman–Crippen MR) is 97.8 cm³/mol. The summed E-state index contributed by atoms with van der Waals surface area (Å²) in [6.45, 7) is 2.13. The first-order valence-electron chi connectivity index (χ1n) is 8.77. The van der Waals surface area contributed by atoms with Gasteiger partial charge in [-0.1, -0.05) is 32.6 Å². The van der Waals surface area contributed by atoms with E-state index in [9.17, 15) is 19.5 Å². The molecular formula is C18H23N3O4S. The molecule has 26 heavy (non-hydrogen) atoms. The van der Waals surface area contributed by atoms with Gasteiger partial charge >= 0.3 is 5.97 Å². The van der Waals surface area contributed by atoms with Gasteiger partial charge in [0.2, 0.25) is 5.91 Å². The summed E-state index contributed by atoms with van der Waals surface area (Å²) in [5.74, 6) is -1.42. The topological polar surface area (TPSA) is 110 Å². The molecule has 1 fully saturated rings. The van der Waals surface area contributed by atoms with Gasteiger partial charge in [0.1, 0.15) is 17.1 Å². The van der Waals surface area contributed by atoms with Gasteiger partial charge in [0.25, 0.3) is 5.91 Å². The number of hydrogen-bond acceptors (Lipinski definition) is 5. The molecule has 2 N–H and O–H groups in total. The Bertz CT molecular complexity index is 680. The Kier molecular flexibility index (Phi) is 7.27. The molecule has 2 heterocycles. The van der Waals surface area contributed by atoms with E-state index < -0.39 is 23.3 Å². The Labute approximate surface area is 157 Å². The third-order valence-electron chi connectivity index (χ3n) is 4.38. The molecule has 0 aliphatic carbocycles. The van der Waals surface area contributed by atoms with Crippen LogP contribution in [0.5, 0.6) is 0 Å². The Morgan fingerprint density at radius 1 is 1.38 bits per heavy atom. The number of aliphatic carboxylic acids is 1. The van der Waals surface area contributed by atoms with E-state index >= 15 is 0 Å². The zero-order valence-corrected chi connectivity index (χ0v) is 15.6. The van der Waals surface area contributed by atoms with Crippen molar-refractivity contribution in [2.45, 2.75) is 56.9 Å². The third-order valence-corrected chi connectivity index (χ3v) is 5.69. The largest absolute Gasteiger partial charge is 0.477 e. The van der Waals surface area contributed by atoms with Crippen molar-refractivity contribution in [3.8, 4) is 6.07 Å². The van der Waals surface area contributed by atoms with Crippen molar-refractivity contribution in [2.75, 3.05) is 5.75 Å². The highest BCUT2D eigenvalue weighted by atomic mass is 32.2. The minimum Gasteiger partial charge on any atom is -0.477 e. The Morgan fingerprint density at radius 2 is 2.12 bits per heavy atom. The number of carboxylic acid groups (broad SMARTS) is 1. The molecule has 0 aromatic carbocycles. The second kappa shape index (κ2) is 9.43. The molecule has 140 valence electrons. The molecule has 2 rings (SSSR count). The second-order valence-electron chi connectivity index (χ2n) is 6.26. The van der Waals surface area contributed by atoms with Crippen molar-refractivity contribution in [3.63, 3.8) is 0 Å². The Balaban J connectivity index is 1.95. The molecule has 0 bridgehead atoms. The van der Waals surface area contributed by atoms with Gasteiger partial charge < -0.3 is 10.4 Å². The van der Waals surface area contributed by atoms with Gasteiger partial charge in [0.05, 0.1) is 6.07 Å². The highest BCUT2D eigenvalue weighted by Crippen LogP contribution is 2.40. The van der Waals surface area contributed by atoms with Crippen molar-refractivity contribution < 1.29 is 19.5 Å². The lowest BCUT2D eigenvalue weighted by Gasteiger charge is -2.49. The smallest absolute Gasteiger partial charge is 0.352 e. The van der Waals surface area contributed by atoms with Gasteiger partial charge in [-0.25, -0.2) is 4.79 Å². The van der Waals surface area contributed by atoms with Gasteiger partial charge in [0, 0.05) is 18.2 Å². The molecule has 2 aliphatic heterocycles. The van der Waals surface area contributed by atoms with Crippen LogP contribution in [0.15, 0.2) is 23.4 Å². The number of fused-ring (bicyclic) bond motifs is 1. The number of β-lactam (4-membered cyclic amide) rings is 1. The van der Waals surface area contributed by atoms with E-state index in [1.165, 1.54) is 28.8 Å². The fourth-order valence-electron chi connectivity index (χ4n) is 3.04. The van der Waals surface area contributed by atoms with Gasteiger partial charge in [-0.15, -0.1) is 11.8 Å². The number of thioether (sulfide) groups is 1. The van der Waals surface area contributed by atoms with E-state index in [2.05, 4.69) is 12.2 Å². The normalized spacial score (nSPS) is 22.0. The lowest BCUT2D eigenvalue weighted by Crippen LogP contribution is -2.70. The maximum Gasteiger partial charge on any atom is 0.352 e. The van der Waals surface area contributed by atoms with E-state index in [-0.39, 0.29) is 11.6 Å². The fraction of sp³-hybridized carbons (Fsp3) is 0.556.